The monoisotopic (exact) mass is 324 g/mol. The Morgan fingerprint density at radius 2 is 2.06 bits per heavy atom. The summed E-state index contributed by atoms with van der Waals surface area (Å²) < 4.78 is 36.7. The van der Waals surface area contributed by atoms with Crippen LogP contribution < -0.4 is 5.32 Å². The Labute approximate surface area is 113 Å². The van der Waals surface area contributed by atoms with Gasteiger partial charge in [-0.15, -0.1) is 0 Å². The molecule has 1 aromatic carbocycles. The first-order chi connectivity index (χ1) is 8.37. The van der Waals surface area contributed by atoms with E-state index in [2.05, 4.69) is 21.2 Å². The number of nitrogens with zero attached hydrogens (tertiary/aromatic N) is 1. The fraction of sp³-hybridized carbons (Fsp3) is 0.500. The van der Waals surface area contributed by atoms with Crippen LogP contribution in [0.5, 0.6) is 0 Å². The van der Waals surface area contributed by atoms with Crippen molar-refractivity contribution in [3.05, 3.63) is 34.3 Å². The Morgan fingerprint density at radius 3 is 2.67 bits per heavy atom. The zero-order chi connectivity index (χ0) is 13.6. The van der Waals surface area contributed by atoms with E-state index in [4.69, 9.17) is 0 Å². The molecule has 0 saturated carbocycles. The first kappa shape index (κ1) is 15.5. The summed E-state index contributed by atoms with van der Waals surface area (Å²) in [6, 6.07) is 7.87. The largest absolute Gasteiger partial charge is 0.401 e. The summed E-state index contributed by atoms with van der Waals surface area (Å²) in [4.78, 5) is 1.98. The highest BCUT2D eigenvalue weighted by atomic mass is 79.9. The van der Waals surface area contributed by atoms with Crippen molar-refractivity contribution < 1.29 is 13.2 Å². The Bertz CT molecular complexity index is 369. The van der Waals surface area contributed by atoms with Gasteiger partial charge in [-0.2, -0.15) is 13.2 Å². The highest BCUT2D eigenvalue weighted by Gasteiger charge is 2.25. The smallest absolute Gasteiger partial charge is 0.307 e. The number of hydrogen-bond acceptors (Lipinski definition) is 2. The predicted octanol–water partition coefficient (Wildman–Crippen LogP) is 3.03. The highest BCUT2D eigenvalue weighted by molar-refractivity contribution is 9.10. The lowest BCUT2D eigenvalue weighted by atomic mass is 10.2. The van der Waals surface area contributed by atoms with Gasteiger partial charge in [0.1, 0.15) is 0 Å². The standard InChI is InChI=1S/C12H16BrF3N2/c1-18(6-5-17-9-12(14,15)16)8-10-3-2-4-11(13)7-10/h2-4,7,17H,5-6,8-9H2,1H3. The van der Waals surface area contributed by atoms with E-state index in [1.165, 1.54) is 0 Å². The first-order valence-electron chi connectivity index (χ1n) is 5.57. The zero-order valence-electron chi connectivity index (χ0n) is 10.1. The minimum absolute atomic E-state index is 0.323. The van der Waals surface area contributed by atoms with Gasteiger partial charge in [0.05, 0.1) is 6.54 Å². The molecule has 18 heavy (non-hydrogen) atoms. The van der Waals surface area contributed by atoms with E-state index in [0.29, 0.717) is 19.6 Å². The van der Waals surface area contributed by atoms with Crippen molar-refractivity contribution in [3.8, 4) is 0 Å². The predicted molar refractivity (Wildman–Crippen MR) is 69.4 cm³/mol. The van der Waals surface area contributed by atoms with E-state index in [1.807, 2.05) is 36.2 Å². The minimum atomic E-state index is -4.14. The zero-order valence-corrected chi connectivity index (χ0v) is 11.7. The summed E-state index contributed by atoms with van der Waals surface area (Å²) in [6.45, 7) is 0.678. The molecule has 0 atom stereocenters. The van der Waals surface area contributed by atoms with Gasteiger partial charge in [-0.05, 0) is 24.7 Å². The molecule has 0 amide bonds. The molecule has 2 nitrogen and oxygen atoms in total. The molecule has 0 heterocycles. The lowest BCUT2D eigenvalue weighted by Crippen LogP contribution is -2.34. The number of hydrogen-bond donors (Lipinski definition) is 1. The van der Waals surface area contributed by atoms with E-state index in [1.54, 1.807) is 0 Å². The number of halogens is 4. The third-order valence-electron chi connectivity index (χ3n) is 2.34. The van der Waals surface area contributed by atoms with Crippen molar-refractivity contribution in [2.75, 3.05) is 26.7 Å². The maximum Gasteiger partial charge on any atom is 0.401 e. The van der Waals surface area contributed by atoms with Gasteiger partial charge in [-0.3, -0.25) is 0 Å². The maximum atomic E-state index is 11.9. The molecular weight excluding hydrogens is 309 g/mol. The van der Waals surface area contributed by atoms with Crippen LogP contribution in [0.2, 0.25) is 0 Å². The van der Waals surface area contributed by atoms with Gasteiger partial charge in [0.25, 0.3) is 0 Å². The molecule has 0 aliphatic heterocycles. The van der Waals surface area contributed by atoms with Crippen LogP contribution in [0, 0.1) is 0 Å². The van der Waals surface area contributed by atoms with Gasteiger partial charge in [0.2, 0.25) is 0 Å². The summed E-state index contributed by atoms with van der Waals surface area (Å²) in [5.74, 6) is 0. The lowest BCUT2D eigenvalue weighted by Gasteiger charge is -2.17. The molecule has 6 heteroatoms. The minimum Gasteiger partial charge on any atom is -0.307 e. The van der Waals surface area contributed by atoms with Crippen LogP contribution in [-0.4, -0.2) is 37.8 Å². The lowest BCUT2D eigenvalue weighted by molar-refractivity contribution is -0.124. The second-order valence-electron chi connectivity index (χ2n) is 4.16. The maximum absolute atomic E-state index is 11.9. The van der Waals surface area contributed by atoms with E-state index < -0.39 is 12.7 Å². The van der Waals surface area contributed by atoms with E-state index in [9.17, 15) is 13.2 Å². The quantitative estimate of drug-likeness (QED) is 0.809. The average Bonchev–Trinajstić information content (AvgIpc) is 2.23. The average molecular weight is 325 g/mol. The number of rotatable bonds is 6. The second-order valence-corrected chi connectivity index (χ2v) is 5.08. The van der Waals surface area contributed by atoms with E-state index >= 15 is 0 Å². The molecule has 0 radical (unpaired) electrons. The van der Waals surface area contributed by atoms with E-state index in [0.717, 1.165) is 10.0 Å². The fourth-order valence-electron chi connectivity index (χ4n) is 1.53. The Morgan fingerprint density at radius 1 is 1.33 bits per heavy atom. The van der Waals surface area contributed by atoms with Crippen molar-refractivity contribution in [1.82, 2.24) is 10.2 Å². The number of likely N-dealkylation sites (N-methyl/N-ethyl adjacent to an activating group) is 1. The van der Waals surface area contributed by atoms with Gasteiger partial charge < -0.3 is 10.2 Å². The van der Waals surface area contributed by atoms with Crippen molar-refractivity contribution in [1.29, 1.82) is 0 Å². The fourth-order valence-corrected chi connectivity index (χ4v) is 1.97. The molecule has 0 saturated heterocycles. The normalized spacial score (nSPS) is 12.1. The summed E-state index contributed by atoms with van der Waals surface area (Å²) >= 11 is 3.38. The van der Waals surface area contributed by atoms with Crippen LogP contribution in [0.4, 0.5) is 13.2 Å². The van der Waals surface area contributed by atoms with Crippen molar-refractivity contribution in [3.63, 3.8) is 0 Å². The first-order valence-corrected chi connectivity index (χ1v) is 6.36. The summed E-state index contributed by atoms with van der Waals surface area (Å²) in [6.07, 6.45) is -4.14. The van der Waals surface area contributed by atoms with Crippen LogP contribution in [0.25, 0.3) is 0 Å². The molecule has 102 valence electrons. The summed E-state index contributed by atoms with van der Waals surface area (Å²) in [5.41, 5.74) is 1.13. The Balaban J connectivity index is 2.24. The molecule has 0 bridgehead atoms. The van der Waals surface area contributed by atoms with Gasteiger partial charge >= 0.3 is 6.18 Å². The van der Waals surface area contributed by atoms with Crippen molar-refractivity contribution in [2.24, 2.45) is 0 Å². The van der Waals surface area contributed by atoms with Gasteiger partial charge in [-0.1, -0.05) is 28.1 Å². The highest BCUT2D eigenvalue weighted by Crippen LogP contribution is 2.13. The SMILES string of the molecule is CN(CCNCC(F)(F)F)Cc1cccc(Br)c1. The topological polar surface area (TPSA) is 15.3 Å². The molecule has 0 spiro atoms. The summed E-state index contributed by atoms with van der Waals surface area (Å²) in [5, 5.41) is 2.38. The molecule has 1 aromatic rings. The van der Waals surface area contributed by atoms with Crippen molar-refractivity contribution >= 4 is 15.9 Å². The van der Waals surface area contributed by atoms with E-state index in [-0.39, 0.29) is 0 Å². The van der Waals surface area contributed by atoms with Crippen LogP contribution in [0.1, 0.15) is 5.56 Å². The number of nitrogens with one attached hydrogen (secondary N) is 1. The van der Waals surface area contributed by atoms with Crippen LogP contribution in [0.15, 0.2) is 28.7 Å². The third kappa shape index (κ3) is 6.98. The number of alkyl halides is 3. The molecule has 0 aliphatic rings. The van der Waals surface area contributed by atoms with Gasteiger partial charge in [0.15, 0.2) is 0 Å². The van der Waals surface area contributed by atoms with Gasteiger partial charge in [0, 0.05) is 24.1 Å². The van der Waals surface area contributed by atoms with Crippen molar-refractivity contribution in [2.45, 2.75) is 12.7 Å². The molecule has 1 N–H and O–H groups in total. The Kier molecular flexibility index (Phi) is 6.11. The molecule has 1 rings (SSSR count). The van der Waals surface area contributed by atoms with Crippen LogP contribution in [0.3, 0.4) is 0 Å². The molecular formula is C12H16BrF3N2. The molecule has 0 aliphatic carbocycles. The summed E-state index contributed by atoms with van der Waals surface area (Å²) in [7, 11) is 1.89. The van der Waals surface area contributed by atoms with Crippen LogP contribution >= 0.6 is 15.9 Å². The molecule has 0 unspecified atom stereocenters. The Hall–Kier alpha value is -0.590. The molecule has 0 aromatic heterocycles. The van der Waals surface area contributed by atoms with Crippen LogP contribution in [-0.2, 0) is 6.54 Å². The molecule has 0 fully saturated rings. The third-order valence-corrected chi connectivity index (χ3v) is 2.83. The second kappa shape index (κ2) is 7.11. The number of benzene rings is 1. The van der Waals surface area contributed by atoms with Gasteiger partial charge in [-0.25, -0.2) is 0 Å².